The van der Waals surface area contributed by atoms with Crippen molar-refractivity contribution < 1.29 is 9.53 Å². The van der Waals surface area contributed by atoms with E-state index in [-0.39, 0.29) is 5.91 Å². The lowest BCUT2D eigenvalue weighted by Gasteiger charge is -2.19. The lowest BCUT2D eigenvalue weighted by molar-refractivity contribution is 0.0844. The van der Waals surface area contributed by atoms with Gasteiger partial charge in [0.15, 0.2) is 0 Å². The van der Waals surface area contributed by atoms with Crippen molar-refractivity contribution in [1.82, 2.24) is 14.8 Å². The predicted molar refractivity (Wildman–Crippen MR) is 87.6 cm³/mol. The Morgan fingerprint density at radius 2 is 2.22 bits per heavy atom. The molecule has 1 aliphatic heterocycles. The van der Waals surface area contributed by atoms with Gasteiger partial charge in [0.25, 0.3) is 5.91 Å². The smallest absolute Gasteiger partial charge is 0.273 e. The van der Waals surface area contributed by atoms with Crippen molar-refractivity contribution in [3.8, 4) is 0 Å². The van der Waals surface area contributed by atoms with Crippen LogP contribution in [0.15, 0.2) is 24.5 Å². The molecule has 1 amide bonds. The summed E-state index contributed by atoms with van der Waals surface area (Å²) < 4.78 is 7.05. The van der Waals surface area contributed by atoms with E-state index in [0.29, 0.717) is 11.6 Å². The molecule has 3 heterocycles. The van der Waals surface area contributed by atoms with Gasteiger partial charge in [0, 0.05) is 44.3 Å². The van der Waals surface area contributed by atoms with Crippen molar-refractivity contribution in [3.05, 3.63) is 41.5 Å². The quantitative estimate of drug-likeness (QED) is 0.941. The van der Waals surface area contributed by atoms with Crippen LogP contribution in [0.25, 0.3) is 0 Å². The van der Waals surface area contributed by atoms with Crippen LogP contribution in [0.2, 0.25) is 0 Å². The van der Waals surface area contributed by atoms with E-state index in [9.17, 15) is 4.79 Å². The van der Waals surface area contributed by atoms with Gasteiger partial charge in [0.1, 0.15) is 5.69 Å². The van der Waals surface area contributed by atoms with E-state index in [1.54, 1.807) is 17.1 Å². The van der Waals surface area contributed by atoms with Gasteiger partial charge in [-0.2, -0.15) is 5.10 Å². The summed E-state index contributed by atoms with van der Waals surface area (Å²) in [5, 5.41) is 7.50. The Hall–Kier alpha value is -2.21. The molecule has 0 aliphatic carbocycles. The number of aromatic nitrogens is 3. The van der Waals surface area contributed by atoms with Crippen molar-refractivity contribution in [2.24, 2.45) is 7.05 Å². The lowest BCUT2D eigenvalue weighted by atomic mass is 9.96. The molecule has 6 nitrogen and oxygen atoms in total. The largest absolute Gasteiger partial charge is 0.381 e. The first-order chi connectivity index (χ1) is 11.2. The van der Waals surface area contributed by atoms with E-state index in [0.717, 1.165) is 49.4 Å². The van der Waals surface area contributed by atoms with Gasteiger partial charge in [-0.1, -0.05) is 6.92 Å². The fraction of sp³-hybridized carbons (Fsp3) is 0.471. The monoisotopic (exact) mass is 314 g/mol. The van der Waals surface area contributed by atoms with Gasteiger partial charge >= 0.3 is 0 Å². The van der Waals surface area contributed by atoms with Crippen LogP contribution in [0.1, 0.15) is 47.4 Å². The normalized spacial score (nSPS) is 15.6. The number of amides is 1. The van der Waals surface area contributed by atoms with Crippen LogP contribution in [0.3, 0.4) is 0 Å². The predicted octanol–water partition coefficient (Wildman–Crippen LogP) is 2.52. The highest BCUT2D eigenvalue weighted by Gasteiger charge is 2.22. The van der Waals surface area contributed by atoms with Crippen LogP contribution >= 0.6 is 0 Å². The van der Waals surface area contributed by atoms with Gasteiger partial charge in [-0.15, -0.1) is 0 Å². The number of pyridine rings is 1. The van der Waals surface area contributed by atoms with Crippen LogP contribution in [0.4, 0.5) is 5.69 Å². The van der Waals surface area contributed by atoms with Crippen molar-refractivity contribution in [2.75, 3.05) is 18.5 Å². The van der Waals surface area contributed by atoms with Gasteiger partial charge in [-0.3, -0.25) is 14.5 Å². The molecule has 0 aromatic carbocycles. The zero-order valence-electron chi connectivity index (χ0n) is 13.6. The second kappa shape index (κ2) is 6.91. The number of hydrogen-bond acceptors (Lipinski definition) is 4. The van der Waals surface area contributed by atoms with Crippen LogP contribution < -0.4 is 5.32 Å². The third kappa shape index (κ3) is 3.42. The Morgan fingerprint density at radius 1 is 1.43 bits per heavy atom. The van der Waals surface area contributed by atoms with E-state index in [1.165, 1.54) is 0 Å². The topological polar surface area (TPSA) is 69.0 Å². The van der Waals surface area contributed by atoms with Gasteiger partial charge in [-0.05, 0) is 37.0 Å². The molecule has 122 valence electrons. The summed E-state index contributed by atoms with van der Waals surface area (Å²) in [5.41, 5.74) is 3.38. The minimum absolute atomic E-state index is 0.140. The molecule has 0 radical (unpaired) electrons. The van der Waals surface area contributed by atoms with Gasteiger partial charge in [0.05, 0.1) is 5.69 Å². The van der Waals surface area contributed by atoms with E-state index in [2.05, 4.69) is 15.4 Å². The summed E-state index contributed by atoms with van der Waals surface area (Å²) in [4.78, 5) is 16.7. The van der Waals surface area contributed by atoms with Crippen LogP contribution in [0.5, 0.6) is 0 Å². The Morgan fingerprint density at radius 3 is 2.96 bits per heavy atom. The number of ether oxygens (including phenoxy) is 1. The summed E-state index contributed by atoms with van der Waals surface area (Å²) in [6, 6.07) is 3.73. The second-order valence-corrected chi connectivity index (χ2v) is 5.81. The third-order valence-corrected chi connectivity index (χ3v) is 4.30. The van der Waals surface area contributed by atoms with Crippen LogP contribution in [0, 0.1) is 0 Å². The van der Waals surface area contributed by atoms with Crippen molar-refractivity contribution >= 4 is 11.6 Å². The lowest BCUT2D eigenvalue weighted by Crippen LogP contribution is -2.17. The zero-order valence-corrected chi connectivity index (χ0v) is 13.6. The SMILES string of the molecule is CCc1cnccc1NC(=O)c1cc(C2CCOCC2)nn1C. The van der Waals surface area contributed by atoms with Crippen molar-refractivity contribution in [1.29, 1.82) is 0 Å². The summed E-state index contributed by atoms with van der Waals surface area (Å²) >= 11 is 0. The van der Waals surface area contributed by atoms with Gasteiger partial charge in [0.2, 0.25) is 0 Å². The standard InChI is InChI=1S/C17H22N4O2/c1-3-12-11-18-7-4-14(12)19-17(22)16-10-15(20-21(16)2)13-5-8-23-9-6-13/h4,7,10-11,13H,3,5-6,8-9H2,1-2H3,(H,18,19,22). The Kier molecular flexibility index (Phi) is 4.71. The molecular formula is C17H22N4O2. The number of aryl methyl sites for hydroxylation is 2. The minimum atomic E-state index is -0.140. The molecule has 0 bridgehead atoms. The molecule has 6 heteroatoms. The Bertz CT molecular complexity index is 690. The van der Waals surface area contributed by atoms with E-state index < -0.39 is 0 Å². The minimum Gasteiger partial charge on any atom is -0.381 e. The van der Waals surface area contributed by atoms with Crippen LogP contribution in [-0.4, -0.2) is 33.9 Å². The van der Waals surface area contributed by atoms with E-state index >= 15 is 0 Å². The second-order valence-electron chi connectivity index (χ2n) is 5.81. The van der Waals surface area contributed by atoms with E-state index in [1.807, 2.05) is 26.1 Å². The molecule has 2 aromatic heterocycles. The number of carbonyl (C=O) groups is 1. The first-order valence-corrected chi connectivity index (χ1v) is 8.05. The van der Waals surface area contributed by atoms with Crippen LogP contribution in [-0.2, 0) is 18.2 Å². The highest BCUT2D eigenvalue weighted by molar-refractivity contribution is 6.03. The van der Waals surface area contributed by atoms with E-state index in [4.69, 9.17) is 4.74 Å². The summed E-state index contributed by atoms with van der Waals surface area (Å²) in [6.45, 7) is 3.57. The van der Waals surface area contributed by atoms with Crippen molar-refractivity contribution in [3.63, 3.8) is 0 Å². The number of nitrogens with one attached hydrogen (secondary N) is 1. The highest BCUT2D eigenvalue weighted by Crippen LogP contribution is 2.26. The maximum Gasteiger partial charge on any atom is 0.273 e. The molecular weight excluding hydrogens is 292 g/mol. The molecule has 1 aliphatic rings. The molecule has 0 unspecified atom stereocenters. The third-order valence-electron chi connectivity index (χ3n) is 4.30. The summed E-state index contributed by atoms with van der Waals surface area (Å²) in [5.74, 6) is 0.239. The Balaban J connectivity index is 1.78. The van der Waals surface area contributed by atoms with Gasteiger partial charge < -0.3 is 10.1 Å². The first kappa shape index (κ1) is 15.7. The average molecular weight is 314 g/mol. The number of hydrogen-bond donors (Lipinski definition) is 1. The molecule has 3 rings (SSSR count). The molecule has 0 atom stereocenters. The fourth-order valence-corrected chi connectivity index (χ4v) is 2.91. The molecule has 1 N–H and O–H groups in total. The zero-order chi connectivity index (χ0) is 16.2. The average Bonchev–Trinajstić information content (AvgIpc) is 2.98. The highest BCUT2D eigenvalue weighted by atomic mass is 16.5. The maximum atomic E-state index is 12.6. The molecule has 0 spiro atoms. The fourth-order valence-electron chi connectivity index (χ4n) is 2.91. The molecule has 0 saturated carbocycles. The van der Waals surface area contributed by atoms with Crippen molar-refractivity contribution in [2.45, 2.75) is 32.1 Å². The number of anilines is 1. The maximum absolute atomic E-state index is 12.6. The van der Waals surface area contributed by atoms with Gasteiger partial charge in [-0.25, -0.2) is 0 Å². The summed E-state index contributed by atoms with van der Waals surface area (Å²) in [6.07, 6.45) is 6.21. The first-order valence-electron chi connectivity index (χ1n) is 8.05. The molecule has 1 saturated heterocycles. The summed E-state index contributed by atoms with van der Waals surface area (Å²) in [7, 11) is 1.81. The molecule has 1 fully saturated rings. The molecule has 2 aromatic rings. The molecule has 23 heavy (non-hydrogen) atoms. The number of nitrogens with zero attached hydrogens (tertiary/aromatic N) is 3. The Labute approximate surface area is 135 Å². The number of carbonyl (C=O) groups excluding carboxylic acids is 1. The number of rotatable bonds is 4.